The summed E-state index contributed by atoms with van der Waals surface area (Å²) in [4.78, 5) is 6.73. The Morgan fingerprint density at radius 2 is 1.80 bits per heavy atom. The van der Waals surface area contributed by atoms with Crippen LogP contribution in [0.25, 0.3) is 11.1 Å². The molecule has 4 heteroatoms. The number of pyridine rings is 1. The molecular formula is C21H19FN2O. The van der Waals surface area contributed by atoms with E-state index in [1.54, 1.807) is 6.20 Å². The fourth-order valence-corrected chi connectivity index (χ4v) is 3.20. The number of rotatable bonds is 3. The SMILES string of the molecule is Fc1ccc(CN2CCOc3nccc(-c4ccccc4)c3C2)cc1. The molecule has 0 spiro atoms. The summed E-state index contributed by atoms with van der Waals surface area (Å²) in [5.74, 6) is 0.506. The van der Waals surface area contributed by atoms with Crippen molar-refractivity contribution >= 4 is 0 Å². The van der Waals surface area contributed by atoms with Crippen LogP contribution in [0.2, 0.25) is 0 Å². The fraction of sp³-hybridized carbons (Fsp3) is 0.190. The number of nitrogens with zero attached hydrogens (tertiary/aromatic N) is 2. The standard InChI is InChI=1S/C21H19FN2O/c22-18-8-6-16(7-9-18)14-24-12-13-25-21-20(15-24)19(10-11-23-21)17-4-2-1-3-5-17/h1-11H,12-15H2. The smallest absolute Gasteiger partial charge is 0.218 e. The van der Waals surface area contributed by atoms with Crippen molar-refractivity contribution in [1.29, 1.82) is 0 Å². The molecule has 0 aliphatic carbocycles. The van der Waals surface area contributed by atoms with Gasteiger partial charge in [0.15, 0.2) is 0 Å². The lowest BCUT2D eigenvalue weighted by molar-refractivity contribution is 0.217. The topological polar surface area (TPSA) is 25.4 Å². The molecule has 0 unspecified atom stereocenters. The number of fused-ring (bicyclic) bond motifs is 1. The van der Waals surface area contributed by atoms with Crippen molar-refractivity contribution in [3.8, 4) is 17.0 Å². The molecule has 2 aromatic carbocycles. The highest BCUT2D eigenvalue weighted by Gasteiger charge is 2.20. The first-order valence-electron chi connectivity index (χ1n) is 8.42. The summed E-state index contributed by atoms with van der Waals surface area (Å²) in [6.45, 7) is 2.92. The Labute approximate surface area is 146 Å². The van der Waals surface area contributed by atoms with Crippen molar-refractivity contribution in [2.45, 2.75) is 13.1 Å². The van der Waals surface area contributed by atoms with Gasteiger partial charge in [0.05, 0.1) is 0 Å². The number of halogens is 1. The lowest BCUT2D eigenvalue weighted by atomic mass is 10.0. The monoisotopic (exact) mass is 334 g/mol. The first kappa shape index (κ1) is 15.8. The minimum atomic E-state index is -0.205. The van der Waals surface area contributed by atoms with Gasteiger partial charge >= 0.3 is 0 Å². The van der Waals surface area contributed by atoms with Crippen molar-refractivity contribution in [1.82, 2.24) is 9.88 Å². The van der Waals surface area contributed by atoms with E-state index in [2.05, 4.69) is 22.0 Å². The molecule has 3 nitrogen and oxygen atoms in total. The van der Waals surface area contributed by atoms with Crippen LogP contribution in [0.4, 0.5) is 4.39 Å². The Morgan fingerprint density at radius 3 is 2.60 bits per heavy atom. The number of hydrogen-bond acceptors (Lipinski definition) is 3. The largest absolute Gasteiger partial charge is 0.476 e. The van der Waals surface area contributed by atoms with Crippen LogP contribution in [0.3, 0.4) is 0 Å². The first-order chi connectivity index (χ1) is 12.3. The molecule has 0 saturated carbocycles. The summed E-state index contributed by atoms with van der Waals surface area (Å²) in [6.07, 6.45) is 1.80. The van der Waals surface area contributed by atoms with Gasteiger partial charge in [0.25, 0.3) is 0 Å². The van der Waals surface area contributed by atoms with Crippen LogP contribution < -0.4 is 4.74 Å². The highest BCUT2D eigenvalue weighted by Crippen LogP contribution is 2.31. The molecule has 25 heavy (non-hydrogen) atoms. The van der Waals surface area contributed by atoms with Crippen molar-refractivity contribution in [2.24, 2.45) is 0 Å². The van der Waals surface area contributed by atoms with Crippen molar-refractivity contribution < 1.29 is 9.13 Å². The number of hydrogen-bond donors (Lipinski definition) is 0. The molecule has 126 valence electrons. The van der Waals surface area contributed by atoms with E-state index >= 15 is 0 Å². The molecule has 1 aliphatic heterocycles. The Bertz CT molecular complexity index is 850. The molecule has 0 atom stereocenters. The average molecular weight is 334 g/mol. The fourth-order valence-electron chi connectivity index (χ4n) is 3.20. The maximum atomic E-state index is 13.1. The van der Waals surface area contributed by atoms with Gasteiger partial charge in [-0.3, -0.25) is 4.90 Å². The van der Waals surface area contributed by atoms with Gasteiger partial charge in [0.2, 0.25) is 5.88 Å². The molecule has 0 fully saturated rings. The Kier molecular flexibility index (Phi) is 4.44. The lowest BCUT2D eigenvalue weighted by Crippen LogP contribution is -2.25. The molecular weight excluding hydrogens is 315 g/mol. The molecule has 1 aliphatic rings. The number of ether oxygens (including phenoxy) is 1. The van der Waals surface area contributed by atoms with Crippen LogP contribution in [-0.2, 0) is 13.1 Å². The second-order valence-corrected chi connectivity index (χ2v) is 6.19. The Morgan fingerprint density at radius 1 is 1.00 bits per heavy atom. The molecule has 4 rings (SSSR count). The van der Waals surface area contributed by atoms with E-state index in [-0.39, 0.29) is 5.82 Å². The predicted octanol–water partition coefficient (Wildman–Crippen LogP) is 4.28. The zero-order valence-electron chi connectivity index (χ0n) is 13.9. The quantitative estimate of drug-likeness (QED) is 0.715. The molecule has 3 aromatic rings. The van der Waals surface area contributed by atoms with Gasteiger partial charge in [-0.1, -0.05) is 42.5 Å². The van der Waals surface area contributed by atoms with Gasteiger partial charge in [-0.25, -0.2) is 9.37 Å². The third-order valence-electron chi connectivity index (χ3n) is 4.45. The van der Waals surface area contributed by atoms with Gasteiger partial charge in [0.1, 0.15) is 12.4 Å². The third kappa shape index (κ3) is 3.54. The second-order valence-electron chi connectivity index (χ2n) is 6.19. The van der Waals surface area contributed by atoms with E-state index < -0.39 is 0 Å². The van der Waals surface area contributed by atoms with Crippen LogP contribution in [0.15, 0.2) is 66.9 Å². The van der Waals surface area contributed by atoms with Crippen LogP contribution >= 0.6 is 0 Å². The van der Waals surface area contributed by atoms with E-state index in [9.17, 15) is 4.39 Å². The summed E-state index contributed by atoms with van der Waals surface area (Å²) in [5, 5.41) is 0. The molecule has 0 bridgehead atoms. The average Bonchev–Trinajstić information content (AvgIpc) is 2.86. The van der Waals surface area contributed by atoms with E-state index in [4.69, 9.17) is 4.74 Å². The van der Waals surface area contributed by atoms with Crippen molar-refractivity contribution in [2.75, 3.05) is 13.2 Å². The van der Waals surface area contributed by atoms with E-state index in [1.165, 1.54) is 12.1 Å². The van der Waals surface area contributed by atoms with Gasteiger partial charge in [-0.05, 0) is 34.9 Å². The third-order valence-corrected chi connectivity index (χ3v) is 4.45. The van der Waals surface area contributed by atoms with Gasteiger partial charge in [-0.15, -0.1) is 0 Å². The predicted molar refractivity (Wildman–Crippen MR) is 95.7 cm³/mol. The highest BCUT2D eigenvalue weighted by molar-refractivity contribution is 5.68. The van der Waals surface area contributed by atoms with Gasteiger partial charge in [0, 0.05) is 31.4 Å². The van der Waals surface area contributed by atoms with Gasteiger partial charge < -0.3 is 4.74 Å². The zero-order valence-corrected chi connectivity index (χ0v) is 13.9. The number of aromatic nitrogens is 1. The van der Waals surface area contributed by atoms with Crippen LogP contribution in [0, 0.1) is 5.82 Å². The Hall–Kier alpha value is -2.72. The molecule has 0 N–H and O–H groups in total. The van der Waals surface area contributed by atoms with Crippen LogP contribution in [0.5, 0.6) is 5.88 Å². The summed E-state index contributed by atoms with van der Waals surface area (Å²) in [6, 6.07) is 19.0. The number of benzene rings is 2. The summed E-state index contributed by atoms with van der Waals surface area (Å²) < 4.78 is 19.0. The highest BCUT2D eigenvalue weighted by atomic mass is 19.1. The van der Waals surface area contributed by atoms with Crippen LogP contribution in [-0.4, -0.2) is 23.0 Å². The summed E-state index contributed by atoms with van der Waals surface area (Å²) in [5.41, 5.74) is 4.51. The minimum Gasteiger partial charge on any atom is -0.476 e. The van der Waals surface area contributed by atoms with E-state index in [0.29, 0.717) is 12.5 Å². The second kappa shape index (κ2) is 7.03. The normalized spacial score (nSPS) is 14.4. The lowest BCUT2D eigenvalue weighted by Gasteiger charge is -2.20. The van der Waals surface area contributed by atoms with E-state index in [0.717, 1.165) is 41.9 Å². The summed E-state index contributed by atoms with van der Waals surface area (Å²) in [7, 11) is 0. The van der Waals surface area contributed by atoms with Crippen molar-refractivity contribution in [3.63, 3.8) is 0 Å². The van der Waals surface area contributed by atoms with Crippen molar-refractivity contribution in [3.05, 3.63) is 83.8 Å². The summed E-state index contributed by atoms with van der Waals surface area (Å²) >= 11 is 0. The molecule has 1 aromatic heterocycles. The Balaban J connectivity index is 1.64. The maximum absolute atomic E-state index is 13.1. The van der Waals surface area contributed by atoms with Crippen LogP contribution in [0.1, 0.15) is 11.1 Å². The van der Waals surface area contributed by atoms with Gasteiger partial charge in [-0.2, -0.15) is 0 Å². The molecule has 0 amide bonds. The maximum Gasteiger partial charge on any atom is 0.218 e. The zero-order chi connectivity index (χ0) is 17.1. The first-order valence-corrected chi connectivity index (χ1v) is 8.42. The van der Waals surface area contributed by atoms with E-state index in [1.807, 2.05) is 36.4 Å². The minimum absolute atomic E-state index is 0.205. The molecule has 0 radical (unpaired) electrons. The molecule has 2 heterocycles. The molecule has 0 saturated heterocycles.